The van der Waals surface area contributed by atoms with E-state index in [9.17, 15) is 14.4 Å². The van der Waals surface area contributed by atoms with Gasteiger partial charge in [-0.05, 0) is 19.1 Å². The van der Waals surface area contributed by atoms with Crippen molar-refractivity contribution in [1.82, 2.24) is 9.80 Å². The fraction of sp³-hybridized carbons (Fsp3) is 0.150. The summed E-state index contributed by atoms with van der Waals surface area (Å²) in [7, 11) is 3.47. The third kappa shape index (κ3) is 2.96. The highest BCUT2D eigenvalue weighted by Crippen LogP contribution is 2.27. The number of benzene rings is 2. The van der Waals surface area contributed by atoms with Crippen molar-refractivity contribution in [3.8, 4) is 0 Å². The van der Waals surface area contributed by atoms with Gasteiger partial charge in [0.2, 0.25) is 5.78 Å². The third-order valence-corrected chi connectivity index (χ3v) is 3.96. The average Bonchev–Trinajstić information content (AvgIpc) is 2.84. The van der Waals surface area contributed by atoms with Crippen molar-refractivity contribution < 1.29 is 14.4 Å². The molecule has 0 spiro atoms. The number of carbonyl (C=O) groups is 3. The maximum absolute atomic E-state index is 13.0. The van der Waals surface area contributed by atoms with Crippen LogP contribution in [0.5, 0.6) is 0 Å². The minimum absolute atomic E-state index is 0.0417. The predicted octanol–water partition coefficient (Wildman–Crippen LogP) is 2.88. The summed E-state index contributed by atoms with van der Waals surface area (Å²) in [5, 5.41) is 0. The summed E-state index contributed by atoms with van der Waals surface area (Å²) in [5.41, 5.74) is 2.12. The number of allylic oxidation sites excluding steroid dienone is 1. The quantitative estimate of drug-likeness (QED) is 0.490. The van der Waals surface area contributed by atoms with Crippen LogP contribution in [0.25, 0.3) is 0 Å². The molecule has 0 radical (unpaired) electrons. The maximum Gasteiger partial charge on any atom is 0.266 e. The van der Waals surface area contributed by atoms with Gasteiger partial charge in [0.25, 0.3) is 11.8 Å². The third-order valence-electron chi connectivity index (χ3n) is 3.96. The van der Waals surface area contributed by atoms with Gasteiger partial charge in [-0.2, -0.15) is 0 Å². The Bertz CT molecular complexity index is 860. The number of rotatable bonds is 4. The fourth-order valence-electron chi connectivity index (χ4n) is 2.72. The van der Waals surface area contributed by atoms with Crippen LogP contribution in [-0.2, 0) is 0 Å². The number of aryl methyl sites for hydroxylation is 1. The first-order chi connectivity index (χ1) is 11.9. The first-order valence-electron chi connectivity index (χ1n) is 7.87. The van der Waals surface area contributed by atoms with E-state index in [4.69, 9.17) is 0 Å². The Labute approximate surface area is 146 Å². The zero-order valence-corrected chi connectivity index (χ0v) is 14.3. The molecule has 0 unspecified atom stereocenters. The Morgan fingerprint density at radius 2 is 1.44 bits per heavy atom. The lowest BCUT2D eigenvalue weighted by molar-refractivity contribution is 0.0675. The molecule has 1 heterocycles. The molecule has 25 heavy (non-hydrogen) atoms. The van der Waals surface area contributed by atoms with Gasteiger partial charge in [-0.3, -0.25) is 14.4 Å². The Balaban J connectivity index is 2.06. The Morgan fingerprint density at radius 1 is 0.920 bits per heavy atom. The molecule has 0 bridgehead atoms. The molecule has 0 saturated carbocycles. The van der Waals surface area contributed by atoms with Crippen LogP contribution >= 0.6 is 0 Å². The highest BCUT2D eigenvalue weighted by Gasteiger charge is 2.39. The Kier molecular flexibility index (Phi) is 4.23. The van der Waals surface area contributed by atoms with E-state index in [0.29, 0.717) is 16.7 Å². The van der Waals surface area contributed by atoms with Gasteiger partial charge in [0, 0.05) is 25.9 Å². The molecule has 2 aromatic carbocycles. The summed E-state index contributed by atoms with van der Waals surface area (Å²) in [6, 6.07) is 13.6. The van der Waals surface area contributed by atoms with Crippen molar-refractivity contribution in [2.45, 2.75) is 6.92 Å². The summed E-state index contributed by atoms with van der Waals surface area (Å²) in [4.78, 5) is 41.0. The van der Waals surface area contributed by atoms with Crippen molar-refractivity contribution in [2.24, 2.45) is 0 Å². The Morgan fingerprint density at radius 3 is 1.92 bits per heavy atom. The predicted molar refractivity (Wildman–Crippen MR) is 94.2 cm³/mol. The summed E-state index contributed by atoms with van der Waals surface area (Å²) in [6.45, 7) is 1.93. The number of fused-ring (bicyclic) bond motifs is 1. The smallest absolute Gasteiger partial charge is 0.266 e. The van der Waals surface area contributed by atoms with Gasteiger partial charge in [0.1, 0.15) is 5.70 Å². The zero-order valence-electron chi connectivity index (χ0n) is 14.3. The number of ketones is 1. The molecule has 1 aliphatic rings. The molecule has 2 amide bonds. The van der Waals surface area contributed by atoms with Crippen molar-refractivity contribution in [3.63, 3.8) is 0 Å². The van der Waals surface area contributed by atoms with Crippen molar-refractivity contribution in [2.75, 3.05) is 14.1 Å². The van der Waals surface area contributed by atoms with E-state index in [-0.39, 0.29) is 11.5 Å². The second-order valence-corrected chi connectivity index (χ2v) is 6.16. The minimum Gasteiger partial charge on any atom is -0.382 e. The lowest BCUT2D eigenvalue weighted by Gasteiger charge is -2.19. The molecule has 0 fully saturated rings. The largest absolute Gasteiger partial charge is 0.382 e. The number of hydrogen-bond donors (Lipinski definition) is 0. The number of Topliss-reactive ketones (excluding diaryl/α,β-unsaturated/α-hetero) is 1. The summed E-state index contributed by atoms with van der Waals surface area (Å²) in [6.07, 6.45) is 1.50. The van der Waals surface area contributed by atoms with E-state index in [1.54, 1.807) is 55.4 Å². The van der Waals surface area contributed by atoms with E-state index >= 15 is 0 Å². The molecule has 0 aliphatic carbocycles. The number of amides is 2. The van der Waals surface area contributed by atoms with Crippen LogP contribution in [-0.4, -0.2) is 41.5 Å². The molecule has 0 N–H and O–H groups in total. The fourth-order valence-corrected chi connectivity index (χ4v) is 2.72. The first kappa shape index (κ1) is 16.6. The molecule has 0 aromatic heterocycles. The van der Waals surface area contributed by atoms with Crippen LogP contribution < -0.4 is 0 Å². The minimum atomic E-state index is -0.478. The number of imide groups is 1. The van der Waals surface area contributed by atoms with Gasteiger partial charge in [0.05, 0.1) is 11.1 Å². The van der Waals surface area contributed by atoms with E-state index in [1.165, 1.54) is 6.20 Å². The molecule has 126 valence electrons. The van der Waals surface area contributed by atoms with Gasteiger partial charge >= 0.3 is 0 Å². The van der Waals surface area contributed by atoms with Crippen LogP contribution in [0.1, 0.15) is 36.6 Å². The first-order valence-corrected chi connectivity index (χ1v) is 7.87. The van der Waals surface area contributed by atoms with E-state index < -0.39 is 11.8 Å². The maximum atomic E-state index is 13.0. The highest BCUT2D eigenvalue weighted by atomic mass is 16.2. The molecule has 2 aromatic rings. The van der Waals surface area contributed by atoms with Gasteiger partial charge < -0.3 is 4.90 Å². The number of carbonyl (C=O) groups excluding carboxylic acids is 3. The lowest BCUT2D eigenvalue weighted by atomic mass is 10.1. The van der Waals surface area contributed by atoms with Crippen molar-refractivity contribution >= 4 is 17.6 Å². The van der Waals surface area contributed by atoms with Crippen molar-refractivity contribution in [1.29, 1.82) is 0 Å². The van der Waals surface area contributed by atoms with E-state index in [0.717, 1.165) is 10.5 Å². The zero-order chi connectivity index (χ0) is 18.1. The summed E-state index contributed by atoms with van der Waals surface area (Å²) < 4.78 is 0. The molecule has 5 nitrogen and oxygen atoms in total. The lowest BCUT2D eigenvalue weighted by Crippen LogP contribution is -2.34. The average molecular weight is 334 g/mol. The van der Waals surface area contributed by atoms with Crippen LogP contribution in [0.15, 0.2) is 60.4 Å². The van der Waals surface area contributed by atoms with E-state index in [1.807, 2.05) is 19.1 Å². The SMILES string of the molecule is Cc1ccc(C(=O)/C(=C\N(C)C)N2C(=O)c3ccccc3C2=O)cc1. The van der Waals surface area contributed by atoms with Crippen LogP contribution in [0, 0.1) is 6.92 Å². The highest BCUT2D eigenvalue weighted by molar-refractivity contribution is 6.26. The molecular formula is C20H18N2O3. The molecule has 5 heteroatoms. The van der Waals surface area contributed by atoms with Crippen LogP contribution in [0.4, 0.5) is 0 Å². The van der Waals surface area contributed by atoms with Gasteiger partial charge in [-0.1, -0.05) is 42.0 Å². The summed E-state index contributed by atoms with van der Waals surface area (Å²) in [5.74, 6) is -1.33. The van der Waals surface area contributed by atoms with Crippen LogP contribution in [0.3, 0.4) is 0 Å². The molecule has 1 aliphatic heterocycles. The molecular weight excluding hydrogens is 316 g/mol. The normalized spacial score (nSPS) is 13.9. The van der Waals surface area contributed by atoms with Gasteiger partial charge in [-0.25, -0.2) is 4.90 Å². The number of nitrogens with zero attached hydrogens (tertiary/aromatic N) is 2. The molecule has 0 saturated heterocycles. The molecule has 3 rings (SSSR count). The second kappa shape index (κ2) is 6.36. The van der Waals surface area contributed by atoms with Gasteiger partial charge in [0.15, 0.2) is 0 Å². The molecule has 0 atom stereocenters. The second-order valence-electron chi connectivity index (χ2n) is 6.16. The standard InChI is InChI=1S/C20H18N2O3/c1-13-8-10-14(11-9-13)18(23)17(12-21(2)3)22-19(24)15-6-4-5-7-16(15)20(22)25/h4-12H,1-3H3/b17-12+. The van der Waals surface area contributed by atoms with E-state index in [2.05, 4.69) is 0 Å². The number of hydrogen-bond acceptors (Lipinski definition) is 4. The van der Waals surface area contributed by atoms with Gasteiger partial charge in [-0.15, -0.1) is 0 Å². The van der Waals surface area contributed by atoms with Crippen LogP contribution in [0.2, 0.25) is 0 Å². The van der Waals surface area contributed by atoms with Crippen molar-refractivity contribution in [3.05, 3.63) is 82.7 Å². The monoisotopic (exact) mass is 334 g/mol. The topological polar surface area (TPSA) is 57.7 Å². The summed E-state index contributed by atoms with van der Waals surface area (Å²) >= 11 is 0. The Hall–Kier alpha value is -3.21.